The SMILES string of the molecule is CCc1cc(CC)n(CCCC(=O)NC)n1. The lowest BCUT2D eigenvalue weighted by Crippen LogP contribution is -2.18. The fourth-order valence-electron chi connectivity index (χ4n) is 1.68. The summed E-state index contributed by atoms with van der Waals surface area (Å²) in [6, 6.07) is 2.15. The van der Waals surface area contributed by atoms with E-state index in [0.717, 1.165) is 31.5 Å². The summed E-state index contributed by atoms with van der Waals surface area (Å²) in [6.45, 7) is 5.07. The average Bonchev–Trinajstić information content (AvgIpc) is 2.71. The Labute approximate surface area is 97.0 Å². The van der Waals surface area contributed by atoms with E-state index in [2.05, 4.69) is 30.3 Å². The van der Waals surface area contributed by atoms with Gasteiger partial charge in [-0.15, -0.1) is 0 Å². The number of carbonyl (C=O) groups is 1. The Bertz CT molecular complexity index is 344. The maximum Gasteiger partial charge on any atom is 0.219 e. The molecule has 0 unspecified atom stereocenters. The van der Waals surface area contributed by atoms with Crippen molar-refractivity contribution in [1.29, 1.82) is 0 Å². The first-order valence-corrected chi connectivity index (χ1v) is 5.97. The molecule has 0 spiro atoms. The smallest absolute Gasteiger partial charge is 0.219 e. The van der Waals surface area contributed by atoms with Crippen molar-refractivity contribution in [3.05, 3.63) is 17.5 Å². The number of nitrogens with one attached hydrogen (secondary N) is 1. The molecule has 0 saturated heterocycles. The van der Waals surface area contributed by atoms with Crippen LogP contribution < -0.4 is 5.32 Å². The van der Waals surface area contributed by atoms with Gasteiger partial charge in [0.1, 0.15) is 0 Å². The minimum absolute atomic E-state index is 0.0981. The Morgan fingerprint density at radius 2 is 2.19 bits per heavy atom. The summed E-state index contributed by atoms with van der Waals surface area (Å²) in [5.74, 6) is 0.0981. The number of amides is 1. The van der Waals surface area contributed by atoms with E-state index in [1.807, 2.05) is 4.68 Å². The maximum atomic E-state index is 11.1. The van der Waals surface area contributed by atoms with Crippen LogP contribution in [0.5, 0.6) is 0 Å². The van der Waals surface area contributed by atoms with Crippen molar-refractivity contribution in [2.75, 3.05) is 7.05 Å². The molecule has 90 valence electrons. The van der Waals surface area contributed by atoms with Crippen molar-refractivity contribution in [2.24, 2.45) is 0 Å². The molecule has 0 radical (unpaired) electrons. The zero-order valence-electron chi connectivity index (χ0n) is 10.4. The number of hydrogen-bond acceptors (Lipinski definition) is 2. The van der Waals surface area contributed by atoms with Gasteiger partial charge in [-0.2, -0.15) is 5.10 Å². The average molecular weight is 223 g/mol. The predicted octanol–water partition coefficient (Wildman–Crippen LogP) is 1.53. The Balaban J connectivity index is 2.52. The summed E-state index contributed by atoms with van der Waals surface area (Å²) in [5.41, 5.74) is 2.39. The van der Waals surface area contributed by atoms with E-state index in [-0.39, 0.29) is 5.91 Å². The van der Waals surface area contributed by atoms with Gasteiger partial charge in [-0.3, -0.25) is 9.48 Å². The second-order valence-electron chi connectivity index (χ2n) is 3.83. The van der Waals surface area contributed by atoms with E-state index >= 15 is 0 Å². The predicted molar refractivity (Wildman–Crippen MR) is 64.3 cm³/mol. The van der Waals surface area contributed by atoms with Gasteiger partial charge in [0.2, 0.25) is 5.91 Å². The Morgan fingerprint density at radius 3 is 2.75 bits per heavy atom. The van der Waals surface area contributed by atoms with Crippen LogP contribution in [-0.4, -0.2) is 22.7 Å². The van der Waals surface area contributed by atoms with E-state index in [9.17, 15) is 4.79 Å². The molecule has 1 amide bonds. The molecule has 0 aliphatic rings. The van der Waals surface area contributed by atoms with E-state index in [0.29, 0.717) is 6.42 Å². The third-order valence-electron chi connectivity index (χ3n) is 2.69. The summed E-state index contributed by atoms with van der Waals surface area (Å²) in [7, 11) is 1.67. The molecule has 0 aliphatic heterocycles. The topological polar surface area (TPSA) is 46.9 Å². The van der Waals surface area contributed by atoms with Crippen molar-refractivity contribution in [2.45, 2.75) is 46.1 Å². The molecule has 0 aromatic carbocycles. The monoisotopic (exact) mass is 223 g/mol. The van der Waals surface area contributed by atoms with Crippen molar-refractivity contribution >= 4 is 5.91 Å². The van der Waals surface area contributed by atoms with E-state index < -0.39 is 0 Å². The molecular weight excluding hydrogens is 202 g/mol. The number of aryl methyl sites for hydroxylation is 3. The fraction of sp³-hybridized carbons (Fsp3) is 0.667. The zero-order valence-corrected chi connectivity index (χ0v) is 10.4. The molecular formula is C12H21N3O. The highest BCUT2D eigenvalue weighted by molar-refractivity contribution is 5.75. The fourth-order valence-corrected chi connectivity index (χ4v) is 1.68. The van der Waals surface area contributed by atoms with Gasteiger partial charge < -0.3 is 5.32 Å². The van der Waals surface area contributed by atoms with Crippen LogP contribution in [0.15, 0.2) is 6.07 Å². The van der Waals surface area contributed by atoms with Gasteiger partial charge in [0.05, 0.1) is 5.69 Å². The van der Waals surface area contributed by atoms with Crippen molar-refractivity contribution in [3.8, 4) is 0 Å². The van der Waals surface area contributed by atoms with Crippen LogP contribution in [-0.2, 0) is 24.2 Å². The standard InChI is InChI=1S/C12H21N3O/c1-4-10-9-11(5-2)15(14-10)8-6-7-12(16)13-3/h9H,4-8H2,1-3H3,(H,13,16). The minimum Gasteiger partial charge on any atom is -0.359 e. The van der Waals surface area contributed by atoms with Crippen molar-refractivity contribution in [1.82, 2.24) is 15.1 Å². The van der Waals surface area contributed by atoms with Crippen LogP contribution in [0.4, 0.5) is 0 Å². The van der Waals surface area contributed by atoms with Gasteiger partial charge in [0, 0.05) is 25.7 Å². The molecule has 0 aliphatic carbocycles. The largest absolute Gasteiger partial charge is 0.359 e. The lowest BCUT2D eigenvalue weighted by Gasteiger charge is -2.05. The summed E-state index contributed by atoms with van der Waals surface area (Å²) in [5, 5.41) is 7.13. The summed E-state index contributed by atoms with van der Waals surface area (Å²) < 4.78 is 2.03. The van der Waals surface area contributed by atoms with E-state index in [1.54, 1.807) is 7.05 Å². The summed E-state index contributed by atoms with van der Waals surface area (Å²) in [4.78, 5) is 11.1. The first-order chi connectivity index (χ1) is 7.71. The molecule has 1 heterocycles. The Hall–Kier alpha value is -1.32. The first-order valence-electron chi connectivity index (χ1n) is 5.97. The number of hydrogen-bond donors (Lipinski definition) is 1. The second-order valence-corrected chi connectivity index (χ2v) is 3.83. The molecule has 0 atom stereocenters. The van der Waals surface area contributed by atoms with Gasteiger partial charge >= 0.3 is 0 Å². The number of rotatable bonds is 6. The van der Waals surface area contributed by atoms with Crippen LogP contribution >= 0.6 is 0 Å². The lowest BCUT2D eigenvalue weighted by atomic mass is 10.2. The van der Waals surface area contributed by atoms with Gasteiger partial charge in [-0.05, 0) is 25.3 Å². The minimum atomic E-state index is 0.0981. The van der Waals surface area contributed by atoms with Gasteiger partial charge in [0.25, 0.3) is 0 Å². The molecule has 1 aromatic heterocycles. The maximum absolute atomic E-state index is 11.1. The second kappa shape index (κ2) is 6.30. The van der Waals surface area contributed by atoms with E-state index in [4.69, 9.17) is 0 Å². The van der Waals surface area contributed by atoms with Crippen LogP contribution in [0.1, 0.15) is 38.1 Å². The van der Waals surface area contributed by atoms with Crippen molar-refractivity contribution < 1.29 is 4.79 Å². The highest BCUT2D eigenvalue weighted by Crippen LogP contribution is 2.07. The Kier molecular flexibility index (Phi) is 5.02. The van der Waals surface area contributed by atoms with Gasteiger partial charge in [-0.1, -0.05) is 13.8 Å². The molecule has 0 bridgehead atoms. The quantitative estimate of drug-likeness (QED) is 0.795. The van der Waals surface area contributed by atoms with Gasteiger partial charge in [-0.25, -0.2) is 0 Å². The normalized spacial score (nSPS) is 10.4. The lowest BCUT2D eigenvalue weighted by molar-refractivity contribution is -0.120. The molecule has 16 heavy (non-hydrogen) atoms. The van der Waals surface area contributed by atoms with Crippen LogP contribution in [0.3, 0.4) is 0 Å². The highest BCUT2D eigenvalue weighted by atomic mass is 16.1. The van der Waals surface area contributed by atoms with Crippen LogP contribution in [0.25, 0.3) is 0 Å². The molecule has 0 fully saturated rings. The molecule has 0 saturated carbocycles. The summed E-state index contributed by atoms with van der Waals surface area (Å²) >= 11 is 0. The molecule has 4 nitrogen and oxygen atoms in total. The van der Waals surface area contributed by atoms with E-state index in [1.165, 1.54) is 5.69 Å². The molecule has 1 N–H and O–H groups in total. The molecule has 1 rings (SSSR count). The van der Waals surface area contributed by atoms with Crippen molar-refractivity contribution in [3.63, 3.8) is 0 Å². The third-order valence-corrected chi connectivity index (χ3v) is 2.69. The molecule has 1 aromatic rings. The highest BCUT2D eigenvalue weighted by Gasteiger charge is 2.05. The summed E-state index contributed by atoms with van der Waals surface area (Å²) in [6.07, 6.45) is 3.38. The first kappa shape index (κ1) is 12.7. The zero-order chi connectivity index (χ0) is 12.0. The number of nitrogens with zero attached hydrogens (tertiary/aromatic N) is 2. The number of aromatic nitrogens is 2. The van der Waals surface area contributed by atoms with Crippen LogP contribution in [0.2, 0.25) is 0 Å². The van der Waals surface area contributed by atoms with Gasteiger partial charge in [0.15, 0.2) is 0 Å². The molecule has 4 heteroatoms. The Morgan fingerprint density at radius 1 is 1.44 bits per heavy atom. The third kappa shape index (κ3) is 3.36. The van der Waals surface area contributed by atoms with Crippen LogP contribution in [0, 0.1) is 0 Å². The number of carbonyl (C=O) groups excluding carboxylic acids is 1.